The van der Waals surface area contributed by atoms with Gasteiger partial charge in [0.1, 0.15) is 0 Å². The highest BCUT2D eigenvalue weighted by atomic mass is 32.2. The van der Waals surface area contributed by atoms with Gasteiger partial charge in [0, 0.05) is 39.7 Å². The van der Waals surface area contributed by atoms with Gasteiger partial charge in [0.2, 0.25) is 0 Å². The number of thiazole rings is 1. The topological polar surface area (TPSA) is 65.6 Å². The third-order valence-corrected chi connectivity index (χ3v) is 9.83. The Bertz CT molecular complexity index is 2270. The largest absolute Gasteiger partial charge is 0.463 e. The van der Waals surface area contributed by atoms with Gasteiger partial charge >= 0.3 is 5.97 Å². The van der Waals surface area contributed by atoms with Crippen LogP contribution in [0.3, 0.4) is 0 Å². The molecule has 7 rings (SSSR count). The molecule has 0 aliphatic carbocycles. The molecule has 0 spiro atoms. The molecule has 0 bridgehead atoms. The van der Waals surface area contributed by atoms with Crippen LogP contribution < -0.4 is 14.9 Å². The summed E-state index contributed by atoms with van der Waals surface area (Å²) in [5, 5.41) is 1.06. The maximum absolute atomic E-state index is 14.4. The molecule has 0 N–H and O–H groups in total. The normalized spacial score (nSPS) is 14.7. The van der Waals surface area contributed by atoms with Crippen LogP contribution in [-0.4, -0.2) is 28.0 Å². The van der Waals surface area contributed by atoms with E-state index in [2.05, 4.69) is 35.0 Å². The third kappa shape index (κ3) is 5.55. The van der Waals surface area contributed by atoms with Crippen molar-refractivity contribution in [3.05, 3.63) is 163 Å². The van der Waals surface area contributed by atoms with E-state index in [1.807, 2.05) is 97.3 Å². The van der Waals surface area contributed by atoms with Crippen LogP contribution in [0.4, 0.5) is 0 Å². The SMILES string of the molecule is CCOC(=O)C1=C(c2ccccc2)N=c2s/c(=C\c3cn(Cc4ccccc4)c4ccccc34)c(=O)n2[C@H]1c1ccc(SC)cc1. The van der Waals surface area contributed by atoms with E-state index in [-0.39, 0.29) is 12.2 Å². The molecule has 2 aromatic heterocycles. The number of carbonyl (C=O) groups excluding carboxylic acids is 1. The van der Waals surface area contributed by atoms with Crippen LogP contribution >= 0.6 is 23.1 Å². The van der Waals surface area contributed by atoms with Crippen molar-refractivity contribution < 1.29 is 9.53 Å². The van der Waals surface area contributed by atoms with Crippen molar-refractivity contribution in [2.45, 2.75) is 24.4 Å². The predicted octanol–water partition coefficient (Wildman–Crippen LogP) is 6.66. The minimum absolute atomic E-state index is 0.198. The molecular weight excluding hydrogens is 611 g/mol. The number of fused-ring (bicyclic) bond motifs is 2. The zero-order valence-corrected chi connectivity index (χ0v) is 27.1. The van der Waals surface area contributed by atoms with Crippen molar-refractivity contribution in [1.29, 1.82) is 0 Å². The van der Waals surface area contributed by atoms with Gasteiger partial charge in [-0.3, -0.25) is 9.36 Å². The molecule has 46 heavy (non-hydrogen) atoms. The number of hydrogen-bond acceptors (Lipinski definition) is 6. The monoisotopic (exact) mass is 641 g/mol. The Balaban J connectivity index is 1.45. The number of aromatic nitrogens is 2. The first kappa shape index (κ1) is 29.8. The Labute approximate surface area is 274 Å². The second-order valence-electron chi connectivity index (χ2n) is 10.9. The third-order valence-electron chi connectivity index (χ3n) is 8.11. The second-order valence-corrected chi connectivity index (χ2v) is 12.8. The van der Waals surface area contributed by atoms with Gasteiger partial charge in [-0.15, -0.1) is 11.8 Å². The average molecular weight is 642 g/mol. The predicted molar refractivity (Wildman–Crippen MR) is 187 cm³/mol. The highest BCUT2D eigenvalue weighted by Gasteiger charge is 2.35. The summed E-state index contributed by atoms with van der Waals surface area (Å²) in [7, 11) is 0. The molecule has 0 fully saturated rings. The number of ether oxygens (including phenoxy) is 1. The molecule has 0 amide bonds. The van der Waals surface area contributed by atoms with Crippen LogP contribution in [0.2, 0.25) is 0 Å². The molecule has 0 saturated carbocycles. The molecular formula is C38H31N3O3S2. The standard InChI is InChI=1S/C38H31N3O3S2/c1-3-44-37(43)33-34(26-14-8-5-9-15-26)39-38-41(35(33)27-18-20-29(45-2)21-19-27)36(42)32(46-38)22-28-24-40(23-25-12-6-4-7-13-25)31-17-11-10-16-30(28)31/h4-22,24,35H,3,23H2,1-2H3/b32-22-/t35-/m0/s1. The molecule has 4 aromatic carbocycles. The Morgan fingerprint density at radius 1 is 0.935 bits per heavy atom. The molecule has 1 aliphatic rings. The van der Waals surface area contributed by atoms with E-state index >= 15 is 0 Å². The van der Waals surface area contributed by atoms with Gasteiger partial charge in [-0.25, -0.2) is 9.79 Å². The van der Waals surface area contributed by atoms with Crippen LogP contribution in [0, 0.1) is 0 Å². The van der Waals surface area contributed by atoms with Crippen LogP contribution in [0.1, 0.15) is 35.2 Å². The number of para-hydroxylation sites is 1. The summed E-state index contributed by atoms with van der Waals surface area (Å²) in [5.41, 5.74) is 5.51. The van der Waals surface area contributed by atoms with Gasteiger partial charge in [0.15, 0.2) is 4.80 Å². The summed E-state index contributed by atoms with van der Waals surface area (Å²) in [5.74, 6) is -0.484. The Morgan fingerprint density at radius 2 is 1.63 bits per heavy atom. The van der Waals surface area contributed by atoms with Crippen LogP contribution in [-0.2, 0) is 16.1 Å². The van der Waals surface area contributed by atoms with Crippen molar-refractivity contribution in [2.75, 3.05) is 12.9 Å². The lowest BCUT2D eigenvalue weighted by Crippen LogP contribution is -2.40. The molecule has 8 heteroatoms. The highest BCUT2D eigenvalue weighted by Crippen LogP contribution is 2.35. The zero-order valence-electron chi connectivity index (χ0n) is 25.4. The van der Waals surface area contributed by atoms with Gasteiger partial charge in [-0.05, 0) is 48.6 Å². The number of esters is 1. The molecule has 228 valence electrons. The van der Waals surface area contributed by atoms with Gasteiger partial charge in [0.25, 0.3) is 5.56 Å². The van der Waals surface area contributed by atoms with E-state index in [1.165, 1.54) is 16.9 Å². The minimum atomic E-state index is -0.706. The lowest BCUT2D eigenvalue weighted by atomic mass is 9.93. The molecule has 6 nitrogen and oxygen atoms in total. The Kier molecular flexibility index (Phi) is 8.30. The van der Waals surface area contributed by atoms with Gasteiger partial charge in [-0.1, -0.05) is 102 Å². The number of rotatable bonds is 8. The molecule has 6 aromatic rings. The van der Waals surface area contributed by atoms with Gasteiger partial charge in [0.05, 0.1) is 28.5 Å². The van der Waals surface area contributed by atoms with E-state index in [0.29, 0.717) is 27.1 Å². The lowest BCUT2D eigenvalue weighted by Gasteiger charge is -2.26. The number of thioether (sulfide) groups is 1. The number of benzene rings is 4. The summed E-state index contributed by atoms with van der Waals surface area (Å²) in [6, 6.07) is 35.5. The van der Waals surface area contributed by atoms with Gasteiger partial charge in [-0.2, -0.15) is 0 Å². The summed E-state index contributed by atoms with van der Waals surface area (Å²) in [6.45, 7) is 2.71. The first-order valence-corrected chi connectivity index (χ1v) is 17.1. The second kappa shape index (κ2) is 12.8. The molecule has 0 saturated heterocycles. The maximum atomic E-state index is 14.4. The summed E-state index contributed by atoms with van der Waals surface area (Å²) >= 11 is 2.98. The highest BCUT2D eigenvalue weighted by molar-refractivity contribution is 7.98. The first-order chi connectivity index (χ1) is 22.6. The average Bonchev–Trinajstić information content (AvgIpc) is 3.60. The van der Waals surface area contributed by atoms with Crippen LogP contribution in [0.25, 0.3) is 22.7 Å². The van der Waals surface area contributed by atoms with Crippen molar-refractivity contribution in [1.82, 2.24) is 9.13 Å². The lowest BCUT2D eigenvalue weighted by molar-refractivity contribution is -0.138. The summed E-state index contributed by atoms with van der Waals surface area (Å²) < 4.78 is 10.0. The molecule has 1 aliphatic heterocycles. The van der Waals surface area contributed by atoms with Crippen molar-refractivity contribution in [3.63, 3.8) is 0 Å². The fourth-order valence-corrected chi connectivity index (χ4v) is 7.38. The number of hydrogen-bond donors (Lipinski definition) is 0. The van der Waals surface area contributed by atoms with E-state index in [0.717, 1.165) is 32.5 Å². The number of carbonyl (C=O) groups is 1. The Morgan fingerprint density at radius 3 is 2.35 bits per heavy atom. The molecule has 0 unspecified atom stereocenters. The van der Waals surface area contributed by atoms with Crippen molar-refractivity contribution in [2.24, 2.45) is 4.99 Å². The van der Waals surface area contributed by atoms with E-state index in [4.69, 9.17) is 9.73 Å². The van der Waals surface area contributed by atoms with Crippen molar-refractivity contribution >= 4 is 51.7 Å². The minimum Gasteiger partial charge on any atom is -0.463 e. The Hall–Kier alpha value is -4.92. The maximum Gasteiger partial charge on any atom is 0.338 e. The summed E-state index contributed by atoms with van der Waals surface area (Å²) in [6.07, 6.45) is 6.08. The smallest absolute Gasteiger partial charge is 0.338 e. The van der Waals surface area contributed by atoms with E-state index in [1.54, 1.807) is 23.3 Å². The van der Waals surface area contributed by atoms with Crippen molar-refractivity contribution in [3.8, 4) is 0 Å². The zero-order chi connectivity index (χ0) is 31.6. The molecule has 3 heterocycles. The first-order valence-electron chi connectivity index (χ1n) is 15.1. The van der Waals surface area contributed by atoms with E-state index < -0.39 is 12.0 Å². The van der Waals surface area contributed by atoms with E-state index in [9.17, 15) is 9.59 Å². The van der Waals surface area contributed by atoms with Crippen LogP contribution in [0.15, 0.2) is 136 Å². The summed E-state index contributed by atoms with van der Waals surface area (Å²) in [4.78, 5) is 34.8. The quantitative estimate of drug-likeness (QED) is 0.138. The molecule has 1 atom stereocenters. The van der Waals surface area contributed by atoms with Crippen LogP contribution in [0.5, 0.6) is 0 Å². The molecule has 0 radical (unpaired) electrons. The fraction of sp³-hybridized carbons (Fsp3) is 0.132. The number of nitrogens with zero attached hydrogens (tertiary/aromatic N) is 3. The fourth-order valence-electron chi connectivity index (χ4n) is 5.98. The van der Waals surface area contributed by atoms with Gasteiger partial charge < -0.3 is 9.30 Å².